The minimum Gasteiger partial charge on any atom is -0.419 e. The Morgan fingerprint density at radius 1 is 1.15 bits per heavy atom. The van der Waals surface area contributed by atoms with Gasteiger partial charge in [-0.3, -0.25) is 0 Å². The third-order valence-corrected chi connectivity index (χ3v) is 6.18. The number of nitrogens with two attached hydrogens (primary N) is 1. The maximum Gasteiger partial charge on any atom is 0.257 e. The van der Waals surface area contributed by atoms with Crippen LogP contribution in [0.25, 0.3) is 22.2 Å². The lowest BCUT2D eigenvalue weighted by atomic mass is 10.2. The zero-order valence-corrected chi connectivity index (χ0v) is 16.8. The van der Waals surface area contributed by atoms with E-state index in [4.69, 9.17) is 10.3 Å². The highest BCUT2D eigenvalue weighted by Crippen LogP contribution is 2.36. The summed E-state index contributed by atoms with van der Waals surface area (Å²) in [6, 6.07) is 11.6. The van der Waals surface area contributed by atoms with Crippen molar-refractivity contribution in [1.29, 1.82) is 0 Å². The maximum atomic E-state index is 6.20. The summed E-state index contributed by atoms with van der Waals surface area (Å²) in [4.78, 5) is 0.944. The van der Waals surface area contributed by atoms with Crippen LogP contribution in [0.5, 0.6) is 0 Å². The van der Waals surface area contributed by atoms with Crippen LogP contribution in [-0.2, 0) is 0 Å². The molecule has 0 fully saturated rings. The Kier molecular flexibility index (Phi) is 4.79. The fraction of sp³-hybridized carbons (Fsp3) is 0.125. The molecule has 4 aromatic rings. The van der Waals surface area contributed by atoms with Crippen LogP contribution in [0.3, 0.4) is 0 Å². The molecule has 0 bridgehead atoms. The lowest BCUT2D eigenvalue weighted by Crippen LogP contribution is -2.12. The minimum atomic E-state index is -0.116. The van der Waals surface area contributed by atoms with E-state index in [0.29, 0.717) is 22.8 Å². The summed E-state index contributed by atoms with van der Waals surface area (Å²) >= 11 is 6.48. The summed E-state index contributed by atoms with van der Waals surface area (Å²) in [7, 11) is 0. The molecule has 10 heteroatoms. The summed E-state index contributed by atoms with van der Waals surface area (Å²) in [5, 5.41) is 19.1. The van der Waals surface area contributed by atoms with Crippen LogP contribution in [0, 0.1) is 0 Å². The van der Waals surface area contributed by atoms with Gasteiger partial charge in [-0.25, -0.2) is 4.68 Å². The molecule has 0 aliphatic carbocycles. The van der Waals surface area contributed by atoms with Gasteiger partial charge in [-0.05, 0) is 30.5 Å². The largest absolute Gasteiger partial charge is 0.419 e. The van der Waals surface area contributed by atoms with Crippen LogP contribution in [-0.4, -0.2) is 25.1 Å². The van der Waals surface area contributed by atoms with E-state index in [-0.39, 0.29) is 5.25 Å². The van der Waals surface area contributed by atoms with Gasteiger partial charge in [-0.2, -0.15) is 0 Å². The normalized spacial score (nSPS) is 12.4. The van der Waals surface area contributed by atoms with Gasteiger partial charge in [0, 0.05) is 10.0 Å². The van der Waals surface area contributed by atoms with Crippen molar-refractivity contribution in [2.75, 3.05) is 5.84 Å². The molecule has 3 aromatic heterocycles. The first kappa shape index (κ1) is 17.3. The molecule has 0 saturated heterocycles. The van der Waals surface area contributed by atoms with Crippen LogP contribution >= 0.6 is 39.0 Å². The Labute approximate surface area is 165 Å². The number of thioether (sulfide) groups is 1. The van der Waals surface area contributed by atoms with E-state index in [1.54, 1.807) is 11.3 Å². The summed E-state index contributed by atoms with van der Waals surface area (Å²) in [6.45, 7) is 1.96. The predicted molar refractivity (Wildman–Crippen MR) is 105 cm³/mol. The van der Waals surface area contributed by atoms with Gasteiger partial charge in [0.1, 0.15) is 0 Å². The molecule has 0 spiro atoms. The van der Waals surface area contributed by atoms with Gasteiger partial charge >= 0.3 is 0 Å². The lowest BCUT2D eigenvalue weighted by Gasteiger charge is -2.07. The zero-order valence-electron chi connectivity index (χ0n) is 13.5. The molecule has 2 N–H and O–H groups in total. The van der Waals surface area contributed by atoms with Crippen molar-refractivity contribution >= 4 is 39.0 Å². The molecule has 1 aromatic carbocycles. The molecule has 1 atom stereocenters. The van der Waals surface area contributed by atoms with Gasteiger partial charge in [0.05, 0.1) is 10.1 Å². The predicted octanol–water partition coefficient (Wildman–Crippen LogP) is 4.39. The van der Waals surface area contributed by atoms with Gasteiger partial charge in [0.2, 0.25) is 11.0 Å². The first-order valence-electron chi connectivity index (χ1n) is 7.63. The van der Waals surface area contributed by atoms with Crippen molar-refractivity contribution in [3.05, 3.63) is 52.1 Å². The first-order chi connectivity index (χ1) is 12.6. The van der Waals surface area contributed by atoms with Crippen molar-refractivity contribution in [1.82, 2.24) is 25.1 Å². The highest BCUT2D eigenvalue weighted by molar-refractivity contribution is 9.10. The Morgan fingerprint density at radius 2 is 2.00 bits per heavy atom. The van der Waals surface area contributed by atoms with Crippen molar-refractivity contribution in [2.45, 2.75) is 17.3 Å². The average molecular weight is 449 g/mol. The third-order valence-electron chi connectivity index (χ3n) is 3.58. The number of hydrogen-bond acceptors (Lipinski definition) is 8. The van der Waals surface area contributed by atoms with Crippen LogP contribution < -0.4 is 5.84 Å². The third kappa shape index (κ3) is 3.27. The Balaban J connectivity index is 1.55. The second-order valence-electron chi connectivity index (χ2n) is 5.34. The molecule has 132 valence electrons. The van der Waals surface area contributed by atoms with E-state index in [1.807, 2.05) is 48.7 Å². The molecule has 0 radical (unpaired) electrons. The number of thiophene rings is 1. The van der Waals surface area contributed by atoms with Crippen molar-refractivity contribution < 1.29 is 4.42 Å². The lowest BCUT2D eigenvalue weighted by molar-refractivity contribution is 0.510. The molecule has 1 unspecified atom stereocenters. The highest BCUT2D eigenvalue weighted by Gasteiger charge is 2.21. The van der Waals surface area contributed by atoms with E-state index >= 15 is 0 Å². The van der Waals surface area contributed by atoms with Gasteiger partial charge in [-0.1, -0.05) is 45.9 Å². The second kappa shape index (κ2) is 7.22. The number of halogens is 1. The molecule has 0 aliphatic heterocycles. The van der Waals surface area contributed by atoms with E-state index in [2.05, 4.69) is 36.3 Å². The average Bonchev–Trinajstić information content (AvgIpc) is 3.37. The topological polar surface area (TPSA) is 95.7 Å². The van der Waals surface area contributed by atoms with Crippen molar-refractivity contribution in [3.63, 3.8) is 0 Å². The smallest absolute Gasteiger partial charge is 0.257 e. The quantitative estimate of drug-likeness (QED) is 0.357. The maximum absolute atomic E-state index is 6.20. The van der Waals surface area contributed by atoms with E-state index < -0.39 is 0 Å². The summed E-state index contributed by atoms with van der Waals surface area (Å²) in [6.07, 6.45) is 0. The highest BCUT2D eigenvalue weighted by atomic mass is 79.9. The molecule has 26 heavy (non-hydrogen) atoms. The molecule has 3 heterocycles. The Hall–Kier alpha value is -2.17. The Morgan fingerprint density at radius 3 is 2.77 bits per heavy atom. The fourth-order valence-electron chi connectivity index (χ4n) is 2.29. The Bertz CT molecular complexity index is 1030. The SMILES string of the molecule is CC(Sc1nnc(-c2ccccc2Br)n1N)c1nnc(-c2cccs2)o1. The van der Waals surface area contributed by atoms with Gasteiger partial charge < -0.3 is 10.3 Å². The van der Waals surface area contributed by atoms with Crippen LogP contribution in [0.15, 0.2) is 55.8 Å². The molecule has 0 amide bonds. The zero-order chi connectivity index (χ0) is 18.1. The van der Waals surface area contributed by atoms with E-state index in [1.165, 1.54) is 16.4 Å². The molecule has 4 rings (SSSR count). The molecular formula is C16H13BrN6OS2. The van der Waals surface area contributed by atoms with Crippen molar-refractivity contribution in [2.24, 2.45) is 0 Å². The number of nitrogen functional groups attached to an aromatic ring is 1. The molecule has 0 aliphatic rings. The number of rotatable bonds is 5. The standard InChI is InChI=1S/C16H13BrN6OS2/c1-9(14-20-21-15(24-14)12-7-4-8-25-12)26-16-22-19-13(23(16)18)10-5-2-3-6-11(10)17/h2-9H,18H2,1H3. The minimum absolute atomic E-state index is 0.116. The fourth-order valence-corrected chi connectivity index (χ4v) is 4.20. The van der Waals surface area contributed by atoms with Gasteiger partial charge in [-0.15, -0.1) is 31.7 Å². The first-order valence-corrected chi connectivity index (χ1v) is 10.2. The van der Waals surface area contributed by atoms with E-state index in [9.17, 15) is 0 Å². The number of aromatic nitrogens is 5. The van der Waals surface area contributed by atoms with Gasteiger partial charge in [0.15, 0.2) is 5.82 Å². The van der Waals surface area contributed by atoms with Crippen LogP contribution in [0.2, 0.25) is 0 Å². The second-order valence-corrected chi connectivity index (χ2v) is 8.45. The van der Waals surface area contributed by atoms with Gasteiger partial charge in [0.25, 0.3) is 5.89 Å². The summed E-state index contributed by atoms with van der Waals surface area (Å²) in [5.74, 6) is 7.82. The monoisotopic (exact) mass is 448 g/mol. The summed E-state index contributed by atoms with van der Waals surface area (Å²) < 4.78 is 8.15. The molecule has 0 saturated carbocycles. The van der Waals surface area contributed by atoms with Crippen LogP contribution in [0.1, 0.15) is 18.1 Å². The molecule has 7 nitrogen and oxygen atoms in total. The molecular weight excluding hydrogens is 436 g/mol. The summed E-state index contributed by atoms with van der Waals surface area (Å²) in [5.41, 5.74) is 0.875. The number of benzene rings is 1. The van der Waals surface area contributed by atoms with Crippen LogP contribution in [0.4, 0.5) is 0 Å². The van der Waals surface area contributed by atoms with Crippen molar-refractivity contribution in [3.8, 4) is 22.2 Å². The number of hydrogen-bond donors (Lipinski definition) is 1. The van der Waals surface area contributed by atoms with E-state index in [0.717, 1.165) is 14.9 Å². The number of nitrogens with zero attached hydrogens (tertiary/aromatic N) is 5.